The second-order valence-electron chi connectivity index (χ2n) is 6.12. The SMILES string of the molecule is CC1CCCCN1CCCNC(=O)NC1CCCC1. The fraction of sp³-hybridized carbons (Fsp3) is 0.933. The first kappa shape index (κ1) is 14.6. The van der Waals surface area contributed by atoms with Crippen LogP contribution in [-0.4, -0.2) is 42.6 Å². The topological polar surface area (TPSA) is 44.4 Å². The number of likely N-dealkylation sites (tertiary alicyclic amines) is 1. The number of urea groups is 1. The number of piperidine rings is 1. The molecule has 0 radical (unpaired) electrons. The van der Waals surface area contributed by atoms with E-state index in [0.29, 0.717) is 6.04 Å². The summed E-state index contributed by atoms with van der Waals surface area (Å²) in [6.45, 7) is 5.46. The highest BCUT2D eigenvalue weighted by molar-refractivity contribution is 5.74. The van der Waals surface area contributed by atoms with Gasteiger partial charge in [0.2, 0.25) is 0 Å². The van der Waals surface area contributed by atoms with E-state index in [1.165, 1.54) is 38.6 Å². The summed E-state index contributed by atoms with van der Waals surface area (Å²) >= 11 is 0. The van der Waals surface area contributed by atoms with E-state index in [9.17, 15) is 4.79 Å². The van der Waals surface area contributed by atoms with Gasteiger partial charge in [-0.15, -0.1) is 0 Å². The maximum absolute atomic E-state index is 11.7. The van der Waals surface area contributed by atoms with Crippen LogP contribution < -0.4 is 10.6 Å². The van der Waals surface area contributed by atoms with Crippen molar-refractivity contribution in [3.05, 3.63) is 0 Å². The summed E-state index contributed by atoms with van der Waals surface area (Å²) in [6, 6.07) is 1.17. The molecule has 1 saturated carbocycles. The van der Waals surface area contributed by atoms with Crippen LogP contribution in [0.1, 0.15) is 58.3 Å². The number of hydrogen-bond acceptors (Lipinski definition) is 2. The van der Waals surface area contributed by atoms with Crippen molar-refractivity contribution < 1.29 is 4.79 Å². The molecule has 2 fully saturated rings. The molecule has 0 aromatic carbocycles. The molecule has 0 spiro atoms. The highest BCUT2D eigenvalue weighted by atomic mass is 16.2. The summed E-state index contributed by atoms with van der Waals surface area (Å²) in [4.78, 5) is 14.2. The molecule has 4 nitrogen and oxygen atoms in total. The molecule has 2 rings (SSSR count). The minimum Gasteiger partial charge on any atom is -0.338 e. The smallest absolute Gasteiger partial charge is 0.315 e. The Balaban J connectivity index is 1.52. The Hall–Kier alpha value is -0.770. The molecular formula is C15H29N3O. The molecule has 1 unspecified atom stereocenters. The van der Waals surface area contributed by atoms with E-state index in [4.69, 9.17) is 0 Å². The molecule has 0 aromatic rings. The van der Waals surface area contributed by atoms with Crippen LogP contribution in [0.25, 0.3) is 0 Å². The Kier molecular flexibility index (Phi) is 5.95. The third kappa shape index (κ3) is 5.01. The van der Waals surface area contributed by atoms with Gasteiger partial charge in [0.05, 0.1) is 0 Å². The van der Waals surface area contributed by atoms with Crippen LogP contribution in [0.4, 0.5) is 4.79 Å². The number of amides is 2. The minimum absolute atomic E-state index is 0.0265. The van der Waals surface area contributed by atoms with Crippen molar-refractivity contribution in [3.63, 3.8) is 0 Å². The lowest BCUT2D eigenvalue weighted by Gasteiger charge is -2.33. The van der Waals surface area contributed by atoms with Crippen molar-refractivity contribution in [1.82, 2.24) is 15.5 Å². The van der Waals surface area contributed by atoms with Gasteiger partial charge in [0.1, 0.15) is 0 Å². The second kappa shape index (κ2) is 7.73. The van der Waals surface area contributed by atoms with Crippen LogP contribution in [0.2, 0.25) is 0 Å². The van der Waals surface area contributed by atoms with Crippen LogP contribution in [0, 0.1) is 0 Å². The average Bonchev–Trinajstić information content (AvgIpc) is 2.89. The first-order chi connectivity index (χ1) is 9.25. The Morgan fingerprint density at radius 1 is 1.16 bits per heavy atom. The monoisotopic (exact) mass is 267 g/mol. The Morgan fingerprint density at radius 3 is 2.63 bits per heavy atom. The molecule has 110 valence electrons. The zero-order chi connectivity index (χ0) is 13.5. The first-order valence-electron chi connectivity index (χ1n) is 8.04. The molecule has 2 aliphatic rings. The maximum Gasteiger partial charge on any atom is 0.315 e. The van der Waals surface area contributed by atoms with Crippen molar-refractivity contribution in [3.8, 4) is 0 Å². The Labute approximate surface area is 117 Å². The lowest BCUT2D eigenvalue weighted by atomic mass is 10.0. The normalized spacial score (nSPS) is 25.4. The maximum atomic E-state index is 11.7. The van der Waals surface area contributed by atoms with E-state index < -0.39 is 0 Å². The highest BCUT2D eigenvalue weighted by Crippen LogP contribution is 2.17. The molecule has 2 N–H and O–H groups in total. The molecule has 1 aliphatic carbocycles. The third-order valence-electron chi connectivity index (χ3n) is 4.54. The van der Waals surface area contributed by atoms with Gasteiger partial charge in [-0.25, -0.2) is 4.79 Å². The van der Waals surface area contributed by atoms with Crippen molar-refractivity contribution in [2.24, 2.45) is 0 Å². The van der Waals surface area contributed by atoms with Gasteiger partial charge in [-0.05, 0) is 45.6 Å². The predicted octanol–water partition coefficient (Wildman–Crippen LogP) is 2.49. The Bertz CT molecular complexity index is 277. The van der Waals surface area contributed by atoms with E-state index >= 15 is 0 Å². The van der Waals surface area contributed by atoms with Gasteiger partial charge in [0.15, 0.2) is 0 Å². The van der Waals surface area contributed by atoms with Crippen molar-refractivity contribution in [1.29, 1.82) is 0 Å². The third-order valence-corrected chi connectivity index (χ3v) is 4.54. The van der Waals surface area contributed by atoms with E-state index in [0.717, 1.165) is 38.4 Å². The summed E-state index contributed by atoms with van der Waals surface area (Å²) in [5, 5.41) is 6.05. The molecule has 0 aromatic heterocycles. The number of carbonyl (C=O) groups excluding carboxylic acids is 1. The van der Waals surface area contributed by atoms with Gasteiger partial charge < -0.3 is 15.5 Å². The fourth-order valence-corrected chi connectivity index (χ4v) is 3.28. The highest BCUT2D eigenvalue weighted by Gasteiger charge is 2.18. The molecule has 4 heteroatoms. The summed E-state index contributed by atoms with van der Waals surface area (Å²) in [6.07, 6.45) is 9.92. The molecular weight excluding hydrogens is 238 g/mol. The van der Waals surface area contributed by atoms with Crippen LogP contribution in [0.15, 0.2) is 0 Å². The number of rotatable bonds is 5. The molecule has 19 heavy (non-hydrogen) atoms. The lowest BCUT2D eigenvalue weighted by molar-refractivity contribution is 0.159. The predicted molar refractivity (Wildman–Crippen MR) is 78.3 cm³/mol. The second-order valence-corrected chi connectivity index (χ2v) is 6.12. The van der Waals surface area contributed by atoms with E-state index in [1.54, 1.807) is 0 Å². The summed E-state index contributed by atoms with van der Waals surface area (Å²) in [5.74, 6) is 0. The van der Waals surface area contributed by atoms with Crippen LogP contribution in [0.5, 0.6) is 0 Å². The zero-order valence-electron chi connectivity index (χ0n) is 12.3. The molecule has 1 aliphatic heterocycles. The van der Waals surface area contributed by atoms with Crippen LogP contribution in [0.3, 0.4) is 0 Å². The summed E-state index contributed by atoms with van der Waals surface area (Å²) < 4.78 is 0. The van der Waals surface area contributed by atoms with Crippen molar-refractivity contribution in [2.45, 2.75) is 70.4 Å². The number of nitrogens with one attached hydrogen (secondary N) is 2. The Morgan fingerprint density at radius 2 is 1.89 bits per heavy atom. The fourth-order valence-electron chi connectivity index (χ4n) is 3.28. The largest absolute Gasteiger partial charge is 0.338 e. The van der Waals surface area contributed by atoms with Crippen LogP contribution in [-0.2, 0) is 0 Å². The molecule has 1 atom stereocenters. The number of nitrogens with zero attached hydrogens (tertiary/aromatic N) is 1. The van der Waals surface area contributed by atoms with Gasteiger partial charge in [-0.3, -0.25) is 0 Å². The molecule has 1 heterocycles. The number of carbonyl (C=O) groups is 1. The van der Waals surface area contributed by atoms with Crippen LogP contribution >= 0.6 is 0 Å². The summed E-state index contributed by atoms with van der Waals surface area (Å²) in [7, 11) is 0. The van der Waals surface area contributed by atoms with Crippen molar-refractivity contribution in [2.75, 3.05) is 19.6 Å². The molecule has 2 amide bonds. The molecule has 0 bridgehead atoms. The van der Waals surface area contributed by atoms with Gasteiger partial charge >= 0.3 is 6.03 Å². The molecule has 1 saturated heterocycles. The van der Waals surface area contributed by atoms with E-state index in [1.807, 2.05) is 0 Å². The number of hydrogen-bond donors (Lipinski definition) is 2. The van der Waals surface area contributed by atoms with Crippen molar-refractivity contribution >= 4 is 6.03 Å². The lowest BCUT2D eigenvalue weighted by Crippen LogP contribution is -2.43. The van der Waals surface area contributed by atoms with Gasteiger partial charge in [-0.1, -0.05) is 19.3 Å². The first-order valence-corrected chi connectivity index (χ1v) is 8.04. The minimum atomic E-state index is 0.0265. The van der Waals surface area contributed by atoms with E-state index in [-0.39, 0.29) is 6.03 Å². The van der Waals surface area contributed by atoms with Gasteiger partial charge in [0.25, 0.3) is 0 Å². The van der Waals surface area contributed by atoms with Gasteiger partial charge in [0, 0.05) is 25.2 Å². The summed E-state index contributed by atoms with van der Waals surface area (Å²) in [5.41, 5.74) is 0. The van der Waals surface area contributed by atoms with E-state index in [2.05, 4.69) is 22.5 Å². The average molecular weight is 267 g/mol. The van der Waals surface area contributed by atoms with Gasteiger partial charge in [-0.2, -0.15) is 0 Å². The zero-order valence-corrected chi connectivity index (χ0v) is 12.3. The quantitative estimate of drug-likeness (QED) is 0.752. The standard InChI is InChI=1S/C15H29N3O/c1-13-7-4-5-11-18(13)12-6-10-16-15(19)17-14-8-2-3-9-14/h13-14H,2-12H2,1H3,(H2,16,17,19).